The number of hydrogen-bond donors (Lipinski definition) is 0. The van der Waals surface area contributed by atoms with E-state index in [4.69, 9.17) is 0 Å². The molecule has 1 atom stereocenters. The average Bonchev–Trinajstić information content (AvgIpc) is 3.11. The molecule has 2 aromatic rings. The first kappa shape index (κ1) is 25.5. The lowest BCUT2D eigenvalue weighted by Gasteiger charge is -2.37. The summed E-state index contributed by atoms with van der Waals surface area (Å²) in [6.45, 7) is 10.1. The molecule has 1 aliphatic carbocycles. The normalized spacial score (nSPS) is 22.0. The highest BCUT2D eigenvalue weighted by molar-refractivity contribution is 6.24. The quantitative estimate of drug-likeness (QED) is 0.425. The van der Waals surface area contributed by atoms with Gasteiger partial charge < -0.3 is 0 Å². The van der Waals surface area contributed by atoms with E-state index in [0.717, 1.165) is 36.5 Å². The number of hydrogen-bond acceptors (Lipinski definition) is 5. The molecule has 1 unspecified atom stereocenters. The molecule has 0 bridgehead atoms. The molecular formula is C31H36N2O4. The summed E-state index contributed by atoms with van der Waals surface area (Å²) < 4.78 is 0. The van der Waals surface area contributed by atoms with Gasteiger partial charge in [-0.25, -0.2) is 0 Å². The third-order valence-corrected chi connectivity index (χ3v) is 8.48. The Morgan fingerprint density at radius 1 is 0.919 bits per heavy atom. The zero-order chi connectivity index (χ0) is 26.3. The molecule has 0 N–H and O–H groups in total. The summed E-state index contributed by atoms with van der Waals surface area (Å²) in [5.41, 5.74) is 5.89. The fourth-order valence-electron chi connectivity index (χ4n) is 5.92. The van der Waals surface area contributed by atoms with Gasteiger partial charge in [0.05, 0.1) is 23.6 Å². The van der Waals surface area contributed by atoms with Crippen LogP contribution in [0.4, 0.5) is 0 Å². The standard InChI is InChI=1S/C31H36N2O4/c1-20-17-21(8-10-23(20)19-32-15-13-31(2,3)14-16-32)7-9-22-5-4-6-25-28(22)30(37)33(29(25)36)26-12-11-24(34)18-27(26)35/h4-6,8,10,17,26H,7,9,11-16,18-19H2,1-3H3. The number of carbonyl (C=O) groups excluding carboxylic acids is 4. The maximum atomic E-state index is 13.4. The van der Waals surface area contributed by atoms with Crippen molar-refractivity contribution < 1.29 is 19.2 Å². The molecule has 0 spiro atoms. The Labute approximate surface area is 219 Å². The molecule has 2 amide bonds. The molecular weight excluding hydrogens is 464 g/mol. The molecule has 0 aromatic heterocycles. The molecule has 2 aromatic carbocycles. The second-order valence-corrected chi connectivity index (χ2v) is 11.8. The Hall–Kier alpha value is -3.12. The van der Waals surface area contributed by atoms with Gasteiger partial charge in [0.15, 0.2) is 5.78 Å². The van der Waals surface area contributed by atoms with Crippen LogP contribution in [0, 0.1) is 12.3 Å². The van der Waals surface area contributed by atoms with Gasteiger partial charge in [-0.15, -0.1) is 0 Å². The molecule has 5 rings (SSSR count). The smallest absolute Gasteiger partial charge is 0.262 e. The zero-order valence-corrected chi connectivity index (χ0v) is 22.1. The molecule has 6 nitrogen and oxygen atoms in total. The van der Waals surface area contributed by atoms with E-state index in [2.05, 4.69) is 43.9 Å². The van der Waals surface area contributed by atoms with E-state index in [9.17, 15) is 19.2 Å². The van der Waals surface area contributed by atoms with Crippen LogP contribution in [0.2, 0.25) is 0 Å². The van der Waals surface area contributed by atoms with Crippen LogP contribution in [0.3, 0.4) is 0 Å². The van der Waals surface area contributed by atoms with Crippen LogP contribution in [-0.4, -0.2) is 52.3 Å². The number of amides is 2. The number of piperidine rings is 1. The van der Waals surface area contributed by atoms with Crippen molar-refractivity contribution in [2.75, 3.05) is 13.1 Å². The number of likely N-dealkylation sites (tertiary alicyclic amines) is 1. The summed E-state index contributed by atoms with van der Waals surface area (Å²) in [5, 5.41) is 0. The van der Waals surface area contributed by atoms with Gasteiger partial charge in [0, 0.05) is 13.0 Å². The number of fused-ring (bicyclic) bond motifs is 1. The van der Waals surface area contributed by atoms with E-state index in [1.807, 2.05) is 12.1 Å². The Morgan fingerprint density at radius 3 is 2.38 bits per heavy atom. The number of Topliss-reactive ketones (excluding diaryl/α,β-unsaturated/α-hetero) is 2. The van der Waals surface area contributed by atoms with Crippen molar-refractivity contribution in [3.63, 3.8) is 0 Å². The minimum Gasteiger partial charge on any atom is -0.299 e. The Bertz CT molecular complexity index is 1270. The second-order valence-electron chi connectivity index (χ2n) is 11.8. The third-order valence-electron chi connectivity index (χ3n) is 8.48. The van der Waals surface area contributed by atoms with E-state index in [1.165, 1.54) is 29.5 Å². The first-order chi connectivity index (χ1) is 17.6. The van der Waals surface area contributed by atoms with Gasteiger partial charge in [0.2, 0.25) is 0 Å². The molecule has 2 heterocycles. The van der Waals surface area contributed by atoms with Crippen LogP contribution in [0.25, 0.3) is 0 Å². The Kier molecular flexibility index (Phi) is 6.88. The summed E-state index contributed by atoms with van der Waals surface area (Å²) in [4.78, 5) is 54.2. The van der Waals surface area contributed by atoms with Crippen molar-refractivity contribution in [1.29, 1.82) is 0 Å². The Morgan fingerprint density at radius 2 is 1.68 bits per heavy atom. The largest absolute Gasteiger partial charge is 0.299 e. The van der Waals surface area contributed by atoms with E-state index >= 15 is 0 Å². The van der Waals surface area contributed by atoms with Crippen molar-refractivity contribution in [1.82, 2.24) is 9.80 Å². The summed E-state index contributed by atoms with van der Waals surface area (Å²) in [6.07, 6.45) is 4.10. The monoisotopic (exact) mass is 500 g/mol. The molecule has 2 aliphatic heterocycles. The van der Waals surface area contributed by atoms with Crippen LogP contribution < -0.4 is 0 Å². The zero-order valence-electron chi connectivity index (χ0n) is 22.1. The number of imide groups is 1. The topological polar surface area (TPSA) is 74.8 Å². The number of nitrogens with zero attached hydrogens (tertiary/aromatic N) is 2. The summed E-state index contributed by atoms with van der Waals surface area (Å²) in [7, 11) is 0. The molecule has 3 aliphatic rings. The first-order valence-electron chi connectivity index (χ1n) is 13.5. The minimum atomic E-state index is -0.834. The summed E-state index contributed by atoms with van der Waals surface area (Å²) in [6, 6.07) is 11.2. The van der Waals surface area contributed by atoms with E-state index < -0.39 is 17.9 Å². The fourth-order valence-corrected chi connectivity index (χ4v) is 5.92. The number of aryl methyl sites for hydroxylation is 3. The number of rotatable bonds is 6. The first-order valence-corrected chi connectivity index (χ1v) is 13.5. The lowest BCUT2D eigenvalue weighted by Crippen LogP contribution is -2.47. The molecule has 6 heteroatoms. The van der Waals surface area contributed by atoms with Crippen molar-refractivity contribution in [3.8, 4) is 0 Å². The molecule has 1 saturated heterocycles. The maximum absolute atomic E-state index is 13.4. The number of benzene rings is 2. The molecule has 37 heavy (non-hydrogen) atoms. The van der Waals surface area contributed by atoms with E-state index in [-0.39, 0.29) is 30.8 Å². The van der Waals surface area contributed by atoms with Crippen molar-refractivity contribution in [2.24, 2.45) is 5.41 Å². The van der Waals surface area contributed by atoms with Gasteiger partial charge in [0.25, 0.3) is 11.8 Å². The molecule has 2 fully saturated rings. The lowest BCUT2D eigenvalue weighted by molar-refractivity contribution is -0.132. The predicted octanol–water partition coefficient (Wildman–Crippen LogP) is 4.69. The van der Waals surface area contributed by atoms with Crippen LogP contribution >= 0.6 is 0 Å². The SMILES string of the molecule is Cc1cc(CCc2cccc3c2C(=O)N(C2CCC(=O)CC2=O)C3=O)ccc1CN1CCC(C)(C)CC1. The van der Waals surface area contributed by atoms with Crippen LogP contribution in [0.1, 0.15) is 88.9 Å². The van der Waals surface area contributed by atoms with Gasteiger partial charge in [-0.2, -0.15) is 0 Å². The van der Waals surface area contributed by atoms with Crippen LogP contribution in [-0.2, 0) is 29.0 Å². The van der Waals surface area contributed by atoms with Gasteiger partial charge in [0.1, 0.15) is 5.78 Å². The molecule has 194 valence electrons. The minimum absolute atomic E-state index is 0.125. The summed E-state index contributed by atoms with van der Waals surface area (Å²) >= 11 is 0. The summed E-state index contributed by atoms with van der Waals surface area (Å²) in [5.74, 6) is -1.29. The Balaban J connectivity index is 1.27. The van der Waals surface area contributed by atoms with E-state index in [1.54, 1.807) is 6.07 Å². The number of carbonyl (C=O) groups is 4. The fraction of sp³-hybridized carbons (Fsp3) is 0.484. The van der Waals surface area contributed by atoms with Crippen molar-refractivity contribution in [2.45, 2.75) is 78.3 Å². The maximum Gasteiger partial charge on any atom is 0.262 e. The molecule has 1 saturated carbocycles. The second kappa shape index (κ2) is 9.97. The lowest BCUT2D eigenvalue weighted by atomic mass is 9.82. The van der Waals surface area contributed by atoms with Crippen LogP contribution in [0.15, 0.2) is 36.4 Å². The highest BCUT2D eigenvalue weighted by Crippen LogP contribution is 2.32. The van der Waals surface area contributed by atoms with Crippen LogP contribution in [0.5, 0.6) is 0 Å². The van der Waals surface area contributed by atoms with Gasteiger partial charge in [-0.1, -0.05) is 44.2 Å². The van der Waals surface area contributed by atoms with Gasteiger partial charge in [-0.3, -0.25) is 29.0 Å². The molecule has 0 radical (unpaired) electrons. The van der Waals surface area contributed by atoms with Crippen molar-refractivity contribution in [3.05, 3.63) is 69.8 Å². The van der Waals surface area contributed by atoms with E-state index in [0.29, 0.717) is 23.0 Å². The van der Waals surface area contributed by atoms with Gasteiger partial charge in [-0.05, 0) is 85.9 Å². The highest BCUT2D eigenvalue weighted by atomic mass is 16.2. The third kappa shape index (κ3) is 5.17. The predicted molar refractivity (Wildman–Crippen MR) is 141 cm³/mol. The van der Waals surface area contributed by atoms with Gasteiger partial charge >= 0.3 is 0 Å². The highest BCUT2D eigenvalue weighted by Gasteiger charge is 2.45. The van der Waals surface area contributed by atoms with Crippen molar-refractivity contribution >= 4 is 23.4 Å². The average molecular weight is 501 g/mol. The number of ketones is 2.